The number of β-amino-alcohol motifs (C(OH)–C–C–N with tert-alkyl or cyclic N) is 1. The lowest BCUT2D eigenvalue weighted by Crippen LogP contribution is -2.21. The highest BCUT2D eigenvalue weighted by atomic mass is 35.5. The van der Waals surface area contributed by atoms with E-state index in [1.54, 1.807) is 0 Å². The van der Waals surface area contributed by atoms with Gasteiger partial charge in [-0.3, -0.25) is 4.90 Å². The molecule has 2 nitrogen and oxygen atoms in total. The van der Waals surface area contributed by atoms with Crippen molar-refractivity contribution >= 4 is 11.6 Å². The summed E-state index contributed by atoms with van der Waals surface area (Å²) >= 11 is 5.35. The minimum absolute atomic E-state index is 0.122. The number of aliphatic hydroxyl groups excluding tert-OH is 1. The number of likely N-dealkylation sites (tertiary alicyclic amines) is 1. The van der Waals surface area contributed by atoms with Gasteiger partial charge in [0.05, 0.1) is 6.10 Å². The molecule has 58 valence electrons. The van der Waals surface area contributed by atoms with Gasteiger partial charge in [-0.2, -0.15) is 0 Å². The first-order valence-electron chi connectivity index (χ1n) is 3.48. The van der Waals surface area contributed by atoms with Gasteiger partial charge in [0.25, 0.3) is 0 Å². The SMILES string of the molecule is OC1CCN(CC=CCl)C1. The Labute approximate surface area is 66.1 Å². The molecule has 0 radical (unpaired) electrons. The van der Waals surface area contributed by atoms with Gasteiger partial charge in [0.2, 0.25) is 0 Å². The van der Waals surface area contributed by atoms with Gasteiger partial charge in [-0.05, 0) is 6.42 Å². The molecule has 3 heteroatoms. The van der Waals surface area contributed by atoms with Gasteiger partial charge < -0.3 is 5.11 Å². The van der Waals surface area contributed by atoms with E-state index in [0.717, 1.165) is 26.1 Å². The summed E-state index contributed by atoms with van der Waals surface area (Å²) in [6, 6.07) is 0. The molecule has 1 rings (SSSR count). The molecule has 0 amide bonds. The molecule has 0 aliphatic carbocycles. The molecule has 1 unspecified atom stereocenters. The molecule has 0 saturated carbocycles. The molecular weight excluding hydrogens is 150 g/mol. The van der Waals surface area contributed by atoms with E-state index in [1.165, 1.54) is 5.54 Å². The van der Waals surface area contributed by atoms with Crippen LogP contribution in [-0.4, -0.2) is 35.7 Å². The highest BCUT2D eigenvalue weighted by molar-refractivity contribution is 6.25. The van der Waals surface area contributed by atoms with Crippen LogP contribution in [0.4, 0.5) is 0 Å². The Morgan fingerprint density at radius 3 is 3.00 bits per heavy atom. The second-order valence-electron chi connectivity index (χ2n) is 2.56. The summed E-state index contributed by atoms with van der Waals surface area (Å²) in [6.07, 6.45) is 2.67. The van der Waals surface area contributed by atoms with Crippen LogP contribution in [-0.2, 0) is 0 Å². The average molecular weight is 162 g/mol. The summed E-state index contributed by atoms with van der Waals surface area (Å²) in [5.41, 5.74) is 1.52. The first-order valence-corrected chi connectivity index (χ1v) is 3.92. The molecule has 1 aliphatic rings. The first kappa shape index (κ1) is 8.05. The van der Waals surface area contributed by atoms with Crippen molar-refractivity contribution in [2.75, 3.05) is 19.6 Å². The van der Waals surface area contributed by atoms with Crippen molar-refractivity contribution in [1.29, 1.82) is 0 Å². The third kappa shape index (κ3) is 2.29. The summed E-state index contributed by atoms with van der Waals surface area (Å²) in [6.45, 7) is 2.64. The molecular formula is C7H12ClNO. The standard InChI is InChI=1S/C7H12ClNO/c8-3-1-4-9-5-2-7(10)6-9/h1,3,7,10H,2,4-6H2. The van der Waals surface area contributed by atoms with Crippen molar-refractivity contribution in [3.05, 3.63) is 11.6 Å². The molecule has 1 fully saturated rings. The van der Waals surface area contributed by atoms with E-state index >= 15 is 0 Å². The molecule has 1 aliphatic heterocycles. The highest BCUT2D eigenvalue weighted by Crippen LogP contribution is 2.07. The molecule has 1 N–H and O–H groups in total. The van der Waals surface area contributed by atoms with Gasteiger partial charge in [-0.1, -0.05) is 17.7 Å². The number of hydrogen-bond acceptors (Lipinski definition) is 2. The average Bonchev–Trinajstić information content (AvgIpc) is 2.31. The third-order valence-electron chi connectivity index (χ3n) is 1.70. The van der Waals surface area contributed by atoms with Crippen LogP contribution >= 0.6 is 11.6 Å². The number of nitrogens with zero attached hydrogens (tertiary/aromatic N) is 1. The van der Waals surface area contributed by atoms with E-state index in [1.807, 2.05) is 6.08 Å². The maximum Gasteiger partial charge on any atom is 0.0679 e. The third-order valence-corrected chi connectivity index (χ3v) is 1.88. The lowest BCUT2D eigenvalue weighted by Gasteiger charge is -2.10. The Morgan fingerprint density at radius 1 is 1.70 bits per heavy atom. The summed E-state index contributed by atoms with van der Waals surface area (Å²) in [5.74, 6) is 0. The molecule has 10 heavy (non-hydrogen) atoms. The molecule has 0 aromatic carbocycles. The van der Waals surface area contributed by atoms with E-state index in [4.69, 9.17) is 16.7 Å². The minimum Gasteiger partial charge on any atom is -0.392 e. The van der Waals surface area contributed by atoms with Gasteiger partial charge in [-0.25, -0.2) is 0 Å². The smallest absolute Gasteiger partial charge is 0.0679 e. The van der Waals surface area contributed by atoms with Crippen LogP contribution < -0.4 is 0 Å². The second-order valence-corrected chi connectivity index (χ2v) is 2.82. The fraction of sp³-hybridized carbons (Fsp3) is 0.714. The van der Waals surface area contributed by atoms with Crippen LogP contribution in [0.15, 0.2) is 11.6 Å². The van der Waals surface area contributed by atoms with Gasteiger partial charge in [0, 0.05) is 25.2 Å². The second kappa shape index (κ2) is 3.96. The van der Waals surface area contributed by atoms with Gasteiger partial charge in [0.1, 0.15) is 0 Å². The Morgan fingerprint density at radius 2 is 2.50 bits per heavy atom. The topological polar surface area (TPSA) is 23.5 Å². The maximum atomic E-state index is 9.10. The monoisotopic (exact) mass is 161 g/mol. The van der Waals surface area contributed by atoms with Crippen molar-refractivity contribution in [1.82, 2.24) is 4.90 Å². The summed E-state index contributed by atoms with van der Waals surface area (Å²) in [7, 11) is 0. The molecule has 0 aromatic rings. The van der Waals surface area contributed by atoms with Crippen LogP contribution in [0.2, 0.25) is 0 Å². The fourth-order valence-electron chi connectivity index (χ4n) is 1.17. The van der Waals surface area contributed by atoms with Crippen molar-refractivity contribution in [3.8, 4) is 0 Å². The van der Waals surface area contributed by atoms with Crippen LogP contribution in [0.3, 0.4) is 0 Å². The molecule has 1 atom stereocenters. The highest BCUT2D eigenvalue weighted by Gasteiger charge is 2.18. The largest absolute Gasteiger partial charge is 0.392 e. The molecule has 1 heterocycles. The van der Waals surface area contributed by atoms with Crippen LogP contribution in [0.1, 0.15) is 6.42 Å². The number of hydrogen-bond donors (Lipinski definition) is 1. The van der Waals surface area contributed by atoms with Crippen molar-refractivity contribution in [2.24, 2.45) is 0 Å². The quantitative estimate of drug-likeness (QED) is 0.648. The van der Waals surface area contributed by atoms with Gasteiger partial charge >= 0.3 is 0 Å². The predicted molar refractivity (Wildman–Crippen MR) is 42.1 cm³/mol. The number of halogens is 1. The van der Waals surface area contributed by atoms with Crippen LogP contribution in [0.5, 0.6) is 0 Å². The first-order chi connectivity index (χ1) is 4.83. The Balaban J connectivity index is 2.18. The zero-order valence-electron chi connectivity index (χ0n) is 5.83. The van der Waals surface area contributed by atoms with Crippen molar-refractivity contribution in [3.63, 3.8) is 0 Å². The van der Waals surface area contributed by atoms with E-state index < -0.39 is 0 Å². The lowest BCUT2D eigenvalue weighted by atomic mass is 10.3. The van der Waals surface area contributed by atoms with E-state index in [0.29, 0.717) is 0 Å². The Hall–Kier alpha value is -0.0500. The molecule has 0 spiro atoms. The van der Waals surface area contributed by atoms with Gasteiger partial charge in [0.15, 0.2) is 0 Å². The maximum absolute atomic E-state index is 9.10. The lowest BCUT2D eigenvalue weighted by molar-refractivity contribution is 0.179. The Kier molecular flexibility index (Phi) is 3.19. The molecule has 0 bridgehead atoms. The van der Waals surface area contributed by atoms with Crippen molar-refractivity contribution in [2.45, 2.75) is 12.5 Å². The summed E-state index contributed by atoms with van der Waals surface area (Å²) in [5, 5.41) is 9.10. The fourth-order valence-corrected chi connectivity index (χ4v) is 1.25. The van der Waals surface area contributed by atoms with Crippen molar-refractivity contribution < 1.29 is 5.11 Å². The zero-order chi connectivity index (χ0) is 7.40. The molecule has 1 saturated heterocycles. The van der Waals surface area contributed by atoms with E-state index in [-0.39, 0.29) is 6.10 Å². The van der Waals surface area contributed by atoms with Gasteiger partial charge in [-0.15, -0.1) is 0 Å². The number of aliphatic hydroxyl groups is 1. The van der Waals surface area contributed by atoms with Crippen LogP contribution in [0, 0.1) is 0 Å². The van der Waals surface area contributed by atoms with E-state index in [2.05, 4.69) is 4.90 Å². The summed E-state index contributed by atoms with van der Waals surface area (Å²) < 4.78 is 0. The van der Waals surface area contributed by atoms with E-state index in [9.17, 15) is 0 Å². The number of rotatable bonds is 2. The Bertz CT molecular complexity index is 127. The minimum atomic E-state index is -0.122. The van der Waals surface area contributed by atoms with Crippen LogP contribution in [0.25, 0.3) is 0 Å². The zero-order valence-corrected chi connectivity index (χ0v) is 6.59. The molecule has 0 aromatic heterocycles. The predicted octanol–water partition coefficient (Wildman–Crippen LogP) is 0.806. The summed E-state index contributed by atoms with van der Waals surface area (Å²) in [4.78, 5) is 2.17. The normalized spacial score (nSPS) is 28.4.